The smallest absolute Gasteiger partial charge is 0.184 e. The number of nitrogens with zero attached hydrogens (tertiary/aromatic N) is 3. The second-order valence-electron chi connectivity index (χ2n) is 11.5. The molecule has 1 N–H and O–H groups in total. The monoisotopic (exact) mass is 511 g/mol. The van der Waals surface area contributed by atoms with Crippen molar-refractivity contribution in [2.75, 3.05) is 6.61 Å². The predicted octanol–water partition coefficient (Wildman–Crippen LogP) is 5.59. The van der Waals surface area contributed by atoms with Crippen LogP contribution in [0.3, 0.4) is 0 Å². The molecule has 0 unspecified atom stereocenters. The lowest BCUT2D eigenvalue weighted by atomic mass is 9.91. The third-order valence-corrected chi connectivity index (χ3v) is 7.85. The van der Waals surface area contributed by atoms with Crippen LogP contribution in [0.1, 0.15) is 5.56 Å². The maximum Gasteiger partial charge on any atom is 0.184 e. The van der Waals surface area contributed by atoms with Crippen LogP contribution in [0.4, 0.5) is 5.69 Å². The molecular formula is C22H41N3O5Si3. The third kappa shape index (κ3) is 9.27. The molecule has 1 aliphatic rings. The minimum absolute atomic E-state index is 0.146. The fraction of sp³-hybridized carbons (Fsp3) is 0.727. The van der Waals surface area contributed by atoms with E-state index in [4.69, 9.17) is 23.5 Å². The minimum Gasteiger partial charge on any atom is -0.409 e. The summed E-state index contributed by atoms with van der Waals surface area (Å²) in [5.74, 6) is 0. The highest BCUT2D eigenvalue weighted by molar-refractivity contribution is 6.70. The maximum atomic E-state index is 10.3. The van der Waals surface area contributed by atoms with E-state index in [0.29, 0.717) is 12.1 Å². The molecule has 1 fully saturated rings. The van der Waals surface area contributed by atoms with Gasteiger partial charge in [0.25, 0.3) is 0 Å². The number of hydrogen-bond acceptors (Lipinski definition) is 6. The van der Waals surface area contributed by atoms with Gasteiger partial charge in [0.05, 0.1) is 18.8 Å². The number of benzene rings is 1. The summed E-state index contributed by atoms with van der Waals surface area (Å²) in [5, 5.41) is 13.9. The van der Waals surface area contributed by atoms with E-state index in [0.717, 1.165) is 5.56 Å². The van der Waals surface area contributed by atoms with Crippen LogP contribution in [-0.2, 0) is 24.4 Å². The van der Waals surface area contributed by atoms with Crippen molar-refractivity contribution in [1.82, 2.24) is 0 Å². The Balaban J connectivity index is 2.46. The summed E-state index contributed by atoms with van der Waals surface area (Å²) in [7, 11) is -5.90. The summed E-state index contributed by atoms with van der Waals surface area (Å²) in [4.78, 5) is 2.84. The summed E-state index contributed by atoms with van der Waals surface area (Å²) in [6, 6.07) is 7.46. The molecule has 8 nitrogen and oxygen atoms in total. The van der Waals surface area contributed by atoms with Crippen LogP contribution in [0, 0.1) is 0 Å². The Bertz CT molecular complexity index is 815. The molecule has 0 bridgehead atoms. The molecule has 33 heavy (non-hydrogen) atoms. The highest BCUT2D eigenvalue weighted by atomic mass is 28.4. The summed E-state index contributed by atoms with van der Waals surface area (Å²) >= 11 is 0. The van der Waals surface area contributed by atoms with Crippen molar-refractivity contribution in [3.8, 4) is 0 Å². The normalized spacial score (nSPS) is 26.7. The molecule has 186 valence electrons. The van der Waals surface area contributed by atoms with E-state index in [9.17, 15) is 5.11 Å². The number of rotatable bonds is 10. The molecule has 0 aliphatic carbocycles. The second kappa shape index (κ2) is 11.1. The van der Waals surface area contributed by atoms with Crippen LogP contribution in [-0.4, -0.2) is 67.2 Å². The molecule has 1 aromatic carbocycles. The van der Waals surface area contributed by atoms with Crippen LogP contribution < -0.4 is 0 Å². The van der Waals surface area contributed by atoms with Gasteiger partial charge in [-0.1, -0.05) is 29.4 Å². The Morgan fingerprint density at radius 2 is 1.27 bits per heavy atom. The van der Waals surface area contributed by atoms with Gasteiger partial charge in [-0.05, 0) is 70.0 Å². The molecule has 0 spiro atoms. The lowest BCUT2D eigenvalue weighted by Crippen LogP contribution is -2.66. The second-order valence-corrected chi connectivity index (χ2v) is 24.9. The molecule has 1 heterocycles. The topological polar surface area (TPSA) is 106 Å². The summed E-state index contributed by atoms with van der Waals surface area (Å²) in [5.41, 5.74) is 10.3. The van der Waals surface area contributed by atoms with E-state index in [2.05, 4.69) is 68.9 Å². The molecule has 0 aromatic heterocycles. The van der Waals surface area contributed by atoms with E-state index in [1.165, 1.54) is 0 Å². The average Bonchev–Trinajstić information content (AvgIpc) is 2.65. The Morgan fingerprint density at radius 3 is 1.70 bits per heavy atom. The zero-order valence-corrected chi connectivity index (χ0v) is 24.5. The van der Waals surface area contributed by atoms with E-state index in [-0.39, 0.29) is 24.9 Å². The van der Waals surface area contributed by atoms with Crippen molar-refractivity contribution in [2.45, 2.75) is 95.9 Å². The van der Waals surface area contributed by atoms with Crippen LogP contribution in [0.2, 0.25) is 58.9 Å². The zero-order valence-electron chi connectivity index (χ0n) is 21.5. The highest BCUT2D eigenvalue weighted by Crippen LogP contribution is 2.34. The Morgan fingerprint density at radius 1 is 0.818 bits per heavy atom. The van der Waals surface area contributed by atoms with Crippen molar-refractivity contribution in [3.05, 3.63) is 40.3 Å². The van der Waals surface area contributed by atoms with Gasteiger partial charge in [-0.3, -0.25) is 0 Å². The van der Waals surface area contributed by atoms with Crippen molar-refractivity contribution in [3.63, 3.8) is 0 Å². The van der Waals surface area contributed by atoms with Crippen molar-refractivity contribution < 1.29 is 23.1 Å². The van der Waals surface area contributed by atoms with Gasteiger partial charge in [-0.15, -0.1) is 0 Å². The standard InChI is InChI=1S/C22H41N3O5Si3/c1-31(2,3)28-20-18(14-16-10-12-17(13-11-16)24-25-23)27-19(15-26)21(29-32(4,5)6)22(20)30-33(7,8)9/h10-13,18-22,26H,14-15H2,1-9H3/t18-,19-,20-,21-,22-/m1/s1. The quantitative estimate of drug-likeness (QED) is 0.191. The van der Waals surface area contributed by atoms with Gasteiger partial charge in [0.15, 0.2) is 25.0 Å². The first-order valence-corrected chi connectivity index (χ1v) is 21.8. The van der Waals surface area contributed by atoms with E-state index < -0.39 is 37.2 Å². The molecule has 1 saturated heterocycles. The number of aliphatic hydroxyl groups is 1. The van der Waals surface area contributed by atoms with Gasteiger partial charge in [-0.2, -0.15) is 0 Å². The fourth-order valence-electron chi connectivity index (χ4n) is 3.93. The Hall–Kier alpha value is -1.02. The largest absolute Gasteiger partial charge is 0.409 e. The van der Waals surface area contributed by atoms with Crippen LogP contribution in [0.25, 0.3) is 10.4 Å². The SMILES string of the molecule is C[Si](C)(C)O[C@H]1[C@H](O[Si](C)(C)C)[C@@H](CO)O[C@H](Cc2ccc(N=[N+]=[N-])cc2)[C@H]1O[Si](C)(C)C. The molecule has 0 saturated carbocycles. The van der Waals surface area contributed by atoms with Crippen molar-refractivity contribution in [2.24, 2.45) is 5.11 Å². The number of hydrogen-bond donors (Lipinski definition) is 1. The lowest BCUT2D eigenvalue weighted by Gasteiger charge is -2.51. The average molecular weight is 512 g/mol. The predicted molar refractivity (Wildman–Crippen MR) is 139 cm³/mol. The van der Waals surface area contributed by atoms with E-state index in [1.807, 2.05) is 12.1 Å². The Kier molecular flexibility index (Phi) is 9.53. The van der Waals surface area contributed by atoms with Gasteiger partial charge in [-0.25, -0.2) is 0 Å². The van der Waals surface area contributed by atoms with Crippen LogP contribution in [0.5, 0.6) is 0 Å². The highest BCUT2D eigenvalue weighted by Gasteiger charge is 2.51. The van der Waals surface area contributed by atoms with E-state index >= 15 is 0 Å². The van der Waals surface area contributed by atoms with Gasteiger partial charge in [0, 0.05) is 17.0 Å². The first-order chi connectivity index (χ1) is 15.1. The summed E-state index contributed by atoms with van der Waals surface area (Å²) in [6.07, 6.45) is -1.24. The summed E-state index contributed by atoms with van der Waals surface area (Å²) < 4.78 is 26.5. The lowest BCUT2D eigenvalue weighted by molar-refractivity contribution is -0.214. The fourth-order valence-corrected chi connectivity index (χ4v) is 7.22. The molecule has 11 heteroatoms. The Labute approximate surface area is 201 Å². The molecule has 2 rings (SSSR count). The van der Waals surface area contributed by atoms with Crippen LogP contribution in [0.15, 0.2) is 29.4 Å². The van der Waals surface area contributed by atoms with Gasteiger partial charge in [0.2, 0.25) is 0 Å². The molecule has 0 radical (unpaired) electrons. The zero-order chi connectivity index (χ0) is 25.0. The van der Waals surface area contributed by atoms with Crippen molar-refractivity contribution >= 4 is 30.6 Å². The molecule has 1 aliphatic heterocycles. The number of aliphatic hydroxyl groups excluding tert-OH is 1. The first kappa shape index (κ1) is 28.2. The van der Waals surface area contributed by atoms with Crippen molar-refractivity contribution in [1.29, 1.82) is 0 Å². The van der Waals surface area contributed by atoms with Gasteiger partial charge in [0.1, 0.15) is 18.3 Å². The minimum atomic E-state index is -1.97. The van der Waals surface area contributed by atoms with Gasteiger partial charge < -0.3 is 23.1 Å². The molecule has 1 aromatic rings. The molecule has 0 amide bonds. The number of ether oxygens (including phenoxy) is 1. The van der Waals surface area contributed by atoms with E-state index in [1.54, 1.807) is 12.1 Å². The van der Waals surface area contributed by atoms with Crippen LogP contribution >= 0.6 is 0 Å². The molecule has 5 atom stereocenters. The summed E-state index contributed by atoms with van der Waals surface area (Å²) in [6.45, 7) is 19.2. The maximum absolute atomic E-state index is 10.3. The van der Waals surface area contributed by atoms with Gasteiger partial charge >= 0.3 is 0 Å². The third-order valence-electron chi connectivity index (χ3n) is 4.91. The molecular weight excluding hydrogens is 471 g/mol. The first-order valence-electron chi connectivity index (χ1n) is 11.6. The number of azide groups is 1.